The Bertz CT molecular complexity index is 1500. The van der Waals surface area contributed by atoms with Crippen LogP contribution in [0, 0.1) is 27.7 Å². The van der Waals surface area contributed by atoms with Gasteiger partial charge in [0.1, 0.15) is 6.54 Å². The average molecular weight is 483 g/mol. The highest BCUT2D eigenvalue weighted by Gasteiger charge is 2.22. The number of carbonyl (C=O) groups is 2. The number of para-hydroxylation sites is 2. The van der Waals surface area contributed by atoms with Gasteiger partial charge in [0.05, 0.1) is 17.6 Å². The molecule has 3 aromatic carbocycles. The third-order valence-corrected chi connectivity index (χ3v) is 6.18. The molecule has 0 saturated carbocycles. The Balaban J connectivity index is 1.74. The molecule has 7 nitrogen and oxygen atoms in total. The summed E-state index contributed by atoms with van der Waals surface area (Å²) in [5, 5.41) is 2.96. The van der Waals surface area contributed by atoms with E-state index in [4.69, 9.17) is 0 Å². The predicted molar refractivity (Wildman–Crippen MR) is 143 cm³/mol. The molecule has 1 N–H and O–H groups in total. The third kappa shape index (κ3) is 5.20. The van der Waals surface area contributed by atoms with Crippen molar-refractivity contribution in [2.24, 2.45) is 0 Å². The molecule has 0 spiro atoms. The number of fused-ring (bicyclic) bond motifs is 1. The Morgan fingerprint density at radius 2 is 1.56 bits per heavy atom. The molecular weight excluding hydrogens is 452 g/mol. The number of nitrogens with one attached hydrogen (secondary N) is 1. The van der Waals surface area contributed by atoms with Crippen molar-refractivity contribution in [2.75, 3.05) is 10.2 Å². The first-order chi connectivity index (χ1) is 17.1. The summed E-state index contributed by atoms with van der Waals surface area (Å²) >= 11 is 0. The Morgan fingerprint density at radius 3 is 2.19 bits per heavy atom. The van der Waals surface area contributed by atoms with Gasteiger partial charge >= 0.3 is 0 Å². The van der Waals surface area contributed by atoms with Crippen molar-refractivity contribution in [2.45, 2.75) is 47.7 Å². The Kier molecular flexibility index (Phi) is 7.01. The number of aromatic nitrogens is 2. The molecule has 7 heteroatoms. The minimum Gasteiger partial charge on any atom is -0.324 e. The highest BCUT2D eigenvalue weighted by molar-refractivity contribution is 5.94. The zero-order chi connectivity index (χ0) is 26.0. The highest BCUT2D eigenvalue weighted by Crippen LogP contribution is 2.22. The number of carbonyl (C=O) groups excluding carboxylic acids is 2. The van der Waals surface area contributed by atoms with E-state index in [0.717, 1.165) is 33.5 Å². The van der Waals surface area contributed by atoms with Crippen molar-refractivity contribution in [3.8, 4) is 0 Å². The van der Waals surface area contributed by atoms with Crippen molar-refractivity contribution in [3.05, 3.63) is 98.8 Å². The van der Waals surface area contributed by atoms with Gasteiger partial charge < -0.3 is 5.32 Å². The van der Waals surface area contributed by atoms with Crippen molar-refractivity contribution in [1.82, 2.24) is 9.55 Å². The lowest BCUT2D eigenvalue weighted by atomic mass is 10.1. The molecule has 0 aliphatic rings. The maximum Gasteiger partial charge on any atom is 0.294 e. The molecule has 1 heterocycles. The van der Waals surface area contributed by atoms with Gasteiger partial charge in [0.15, 0.2) is 0 Å². The summed E-state index contributed by atoms with van der Waals surface area (Å²) in [6, 6.07) is 18.9. The largest absolute Gasteiger partial charge is 0.324 e. The minimum absolute atomic E-state index is 0.00253. The summed E-state index contributed by atoms with van der Waals surface area (Å²) in [6.07, 6.45) is 0. The maximum absolute atomic E-state index is 13.7. The second-order valence-corrected chi connectivity index (χ2v) is 9.23. The summed E-state index contributed by atoms with van der Waals surface area (Å²) in [6.45, 7) is 9.27. The minimum atomic E-state index is -0.497. The van der Waals surface area contributed by atoms with E-state index in [9.17, 15) is 14.4 Å². The average Bonchev–Trinajstić information content (AvgIpc) is 2.82. The topological polar surface area (TPSA) is 84.3 Å². The fraction of sp³-hybridized carbons (Fsp3) is 0.241. The zero-order valence-electron chi connectivity index (χ0n) is 21.3. The van der Waals surface area contributed by atoms with Crippen molar-refractivity contribution < 1.29 is 9.59 Å². The molecule has 0 atom stereocenters. The summed E-state index contributed by atoms with van der Waals surface area (Å²) < 4.78 is 1.39. The van der Waals surface area contributed by atoms with E-state index in [2.05, 4.69) is 10.3 Å². The van der Waals surface area contributed by atoms with Crippen molar-refractivity contribution in [1.29, 1.82) is 0 Å². The monoisotopic (exact) mass is 482 g/mol. The second kappa shape index (κ2) is 10.2. The van der Waals surface area contributed by atoms with Gasteiger partial charge in [0.2, 0.25) is 17.6 Å². The molecule has 0 saturated heterocycles. The van der Waals surface area contributed by atoms with Gasteiger partial charge in [0.25, 0.3) is 5.56 Å². The van der Waals surface area contributed by atoms with E-state index in [1.54, 1.807) is 18.2 Å². The normalized spacial score (nSPS) is 10.9. The number of hydrogen-bond acceptors (Lipinski definition) is 4. The summed E-state index contributed by atoms with van der Waals surface area (Å²) in [5.41, 5.74) is 6.29. The van der Waals surface area contributed by atoms with Crippen LogP contribution < -0.4 is 15.8 Å². The molecule has 4 aromatic rings. The fourth-order valence-corrected chi connectivity index (χ4v) is 4.42. The number of hydrogen-bond donors (Lipinski definition) is 1. The van der Waals surface area contributed by atoms with Gasteiger partial charge in [-0.2, -0.15) is 0 Å². The lowest BCUT2D eigenvalue weighted by Gasteiger charge is -2.22. The van der Waals surface area contributed by atoms with Crippen LogP contribution in [0.15, 0.2) is 65.5 Å². The maximum atomic E-state index is 13.7. The SMILES string of the molecule is CC(=O)N(Cc1ccc(C)cc1)c1nc2ccccc2n(CC(=O)Nc2c(C)cc(C)cc2C)c1=O. The summed E-state index contributed by atoms with van der Waals surface area (Å²) in [7, 11) is 0. The van der Waals surface area contributed by atoms with Crippen LogP contribution in [0.5, 0.6) is 0 Å². The fourth-order valence-electron chi connectivity index (χ4n) is 4.42. The van der Waals surface area contributed by atoms with Crippen LogP contribution in [0.4, 0.5) is 11.5 Å². The molecule has 4 rings (SSSR count). The van der Waals surface area contributed by atoms with E-state index in [1.807, 2.05) is 70.2 Å². The molecular formula is C29H30N4O3. The third-order valence-electron chi connectivity index (χ3n) is 6.18. The lowest BCUT2D eigenvalue weighted by Crippen LogP contribution is -2.38. The number of anilines is 2. The molecule has 0 aliphatic carbocycles. The molecule has 1 aromatic heterocycles. The van der Waals surface area contributed by atoms with E-state index in [0.29, 0.717) is 11.0 Å². The van der Waals surface area contributed by atoms with Crippen LogP contribution in [0.25, 0.3) is 11.0 Å². The Morgan fingerprint density at radius 1 is 0.917 bits per heavy atom. The molecule has 0 radical (unpaired) electrons. The molecule has 184 valence electrons. The van der Waals surface area contributed by atoms with Crippen LogP contribution in [0.1, 0.15) is 34.7 Å². The zero-order valence-corrected chi connectivity index (χ0v) is 21.3. The van der Waals surface area contributed by atoms with Gasteiger partial charge in [-0.15, -0.1) is 0 Å². The quantitative estimate of drug-likeness (QED) is 0.427. The smallest absolute Gasteiger partial charge is 0.294 e. The van der Waals surface area contributed by atoms with Crippen LogP contribution in [0.3, 0.4) is 0 Å². The number of amides is 2. The standard InChI is InChI=1S/C29H30N4O3/c1-18-10-12-23(13-11-18)16-32(22(5)34)28-29(36)33(25-9-7-6-8-24(25)30-28)17-26(35)31-27-20(3)14-19(2)15-21(27)4/h6-15H,16-17H2,1-5H3,(H,31,35). The van der Waals surface area contributed by atoms with Gasteiger partial charge in [-0.05, 0) is 56.5 Å². The number of nitrogens with zero attached hydrogens (tertiary/aromatic N) is 3. The molecule has 0 fully saturated rings. The van der Waals surface area contributed by atoms with E-state index in [1.165, 1.54) is 16.4 Å². The first kappa shape index (κ1) is 24.9. The van der Waals surface area contributed by atoms with Gasteiger partial charge in [-0.25, -0.2) is 4.98 Å². The molecule has 0 bridgehead atoms. The highest BCUT2D eigenvalue weighted by atomic mass is 16.2. The van der Waals surface area contributed by atoms with Crippen LogP contribution in [-0.4, -0.2) is 21.4 Å². The summed E-state index contributed by atoms with van der Waals surface area (Å²) in [5.74, 6) is -0.642. The first-order valence-corrected chi connectivity index (χ1v) is 11.8. The van der Waals surface area contributed by atoms with E-state index >= 15 is 0 Å². The molecule has 0 unspecified atom stereocenters. The Labute approximate surface area is 210 Å². The first-order valence-electron chi connectivity index (χ1n) is 11.8. The molecule has 0 aliphatic heterocycles. The lowest BCUT2D eigenvalue weighted by molar-refractivity contribution is -0.117. The molecule has 2 amide bonds. The van der Waals surface area contributed by atoms with Crippen molar-refractivity contribution >= 4 is 34.4 Å². The van der Waals surface area contributed by atoms with E-state index in [-0.39, 0.29) is 30.7 Å². The van der Waals surface area contributed by atoms with Crippen LogP contribution in [-0.2, 0) is 22.7 Å². The molecule has 36 heavy (non-hydrogen) atoms. The van der Waals surface area contributed by atoms with E-state index < -0.39 is 5.56 Å². The number of rotatable bonds is 6. The van der Waals surface area contributed by atoms with Crippen LogP contribution >= 0.6 is 0 Å². The second-order valence-electron chi connectivity index (χ2n) is 9.23. The number of benzene rings is 3. The van der Waals surface area contributed by atoms with Gasteiger partial charge in [-0.3, -0.25) is 23.9 Å². The van der Waals surface area contributed by atoms with Gasteiger partial charge in [-0.1, -0.05) is 59.7 Å². The van der Waals surface area contributed by atoms with Gasteiger partial charge in [0, 0.05) is 12.6 Å². The van der Waals surface area contributed by atoms with Crippen LogP contribution in [0.2, 0.25) is 0 Å². The summed E-state index contributed by atoms with van der Waals surface area (Å²) in [4.78, 5) is 45.3. The predicted octanol–water partition coefficient (Wildman–Crippen LogP) is 4.82. The Hall–Kier alpha value is -4.26. The number of aryl methyl sites for hydroxylation is 4. The van der Waals surface area contributed by atoms with Crippen molar-refractivity contribution in [3.63, 3.8) is 0 Å².